The van der Waals surface area contributed by atoms with Gasteiger partial charge in [-0.1, -0.05) is 12.8 Å². The third-order valence-electron chi connectivity index (χ3n) is 2.43. The molecular weight excluding hydrogens is 194 g/mol. The molecule has 2 atom stereocenters. The summed E-state index contributed by atoms with van der Waals surface area (Å²) < 4.78 is 5.13. The van der Waals surface area contributed by atoms with Gasteiger partial charge in [0.05, 0.1) is 12.1 Å². The van der Waals surface area contributed by atoms with Gasteiger partial charge in [-0.25, -0.2) is 4.79 Å². The highest BCUT2D eigenvalue weighted by molar-refractivity contribution is 5.68. The van der Waals surface area contributed by atoms with Gasteiger partial charge in [0.25, 0.3) is 0 Å². The zero-order valence-electron chi connectivity index (χ0n) is 9.75. The lowest BCUT2D eigenvalue weighted by Crippen LogP contribution is -2.46. The SMILES string of the molecule is CC(C)(C)OC(=O)N[C@@H]1CCCC[C@@H]1O. The molecule has 0 unspecified atom stereocenters. The highest BCUT2D eigenvalue weighted by Gasteiger charge is 2.26. The first kappa shape index (κ1) is 12.3. The Morgan fingerprint density at radius 3 is 2.47 bits per heavy atom. The summed E-state index contributed by atoms with van der Waals surface area (Å²) in [5.74, 6) is 0. The van der Waals surface area contributed by atoms with Crippen LogP contribution in [0.25, 0.3) is 0 Å². The summed E-state index contributed by atoms with van der Waals surface area (Å²) in [7, 11) is 0. The van der Waals surface area contributed by atoms with Gasteiger partial charge in [-0.15, -0.1) is 0 Å². The van der Waals surface area contributed by atoms with E-state index < -0.39 is 17.8 Å². The second-order valence-corrected chi connectivity index (χ2v) is 5.10. The van der Waals surface area contributed by atoms with Gasteiger partial charge in [-0.3, -0.25) is 0 Å². The predicted octanol–water partition coefficient (Wildman–Crippen LogP) is 1.81. The lowest BCUT2D eigenvalue weighted by Gasteiger charge is -2.29. The van der Waals surface area contributed by atoms with Crippen molar-refractivity contribution < 1.29 is 14.6 Å². The summed E-state index contributed by atoms with van der Waals surface area (Å²) in [6.07, 6.45) is 2.83. The number of carbonyl (C=O) groups excluding carboxylic acids is 1. The van der Waals surface area contributed by atoms with Crippen LogP contribution in [0.15, 0.2) is 0 Å². The third-order valence-corrected chi connectivity index (χ3v) is 2.43. The van der Waals surface area contributed by atoms with E-state index >= 15 is 0 Å². The topological polar surface area (TPSA) is 58.6 Å². The largest absolute Gasteiger partial charge is 0.444 e. The molecule has 0 spiro atoms. The van der Waals surface area contributed by atoms with Gasteiger partial charge in [0, 0.05) is 0 Å². The molecule has 0 aromatic heterocycles. The molecule has 1 fully saturated rings. The Morgan fingerprint density at radius 2 is 1.93 bits per heavy atom. The van der Waals surface area contributed by atoms with E-state index in [0.29, 0.717) is 0 Å². The molecule has 88 valence electrons. The van der Waals surface area contributed by atoms with E-state index in [1.165, 1.54) is 0 Å². The third kappa shape index (κ3) is 4.51. The Labute approximate surface area is 91.0 Å². The summed E-state index contributed by atoms with van der Waals surface area (Å²) in [5.41, 5.74) is -0.482. The van der Waals surface area contributed by atoms with Crippen molar-refractivity contribution >= 4 is 6.09 Å². The van der Waals surface area contributed by atoms with E-state index in [1.807, 2.05) is 20.8 Å². The molecule has 1 aliphatic rings. The summed E-state index contributed by atoms with van der Waals surface area (Å²) in [5, 5.41) is 12.4. The molecule has 0 aliphatic heterocycles. The average Bonchev–Trinajstić information content (AvgIpc) is 2.05. The Kier molecular flexibility index (Phi) is 3.97. The molecule has 1 rings (SSSR count). The average molecular weight is 215 g/mol. The van der Waals surface area contributed by atoms with Crippen LogP contribution in [0.4, 0.5) is 4.79 Å². The van der Waals surface area contributed by atoms with E-state index in [9.17, 15) is 9.90 Å². The molecule has 1 amide bonds. The maximum absolute atomic E-state index is 11.4. The van der Waals surface area contributed by atoms with E-state index in [1.54, 1.807) is 0 Å². The van der Waals surface area contributed by atoms with Crippen molar-refractivity contribution in [1.82, 2.24) is 5.32 Å². The van der Waals surface area contributed by atoms with Crippen LogP contribution >= 0.6 is 0 Å². The fourth-order valence-electron chi connectivity index (χ4n) is 1.74. The van der Waals surface area contributed by atoms with Gasteiger partial charge in [0.15, 0.2) is 0 Å². The van der Waals surface area contributed by atoms with Crippen LogP contribution in [0.1, 0.15) is 46.5 Å². The standard InChI is InChI=1S/C11H21NO3/c1-11(2,3)15-10(14)12-8-6-4-5-7-9(8)13/h8-9,13H,4-7H2,1-3H3,(H,12,14)/t8-,9+/m1/s1. The predicted molar refractivity (Wildman–Crippen MR) is 57.6 cm³/mol. The lowest BCUT2D eigenvalue weighted by atomic mass is 9.93. The van der Waals surface area contributed by atoms with Gasteiger partial charge in [0.1, 0.15) is 5.60 Å². The molecule has 0 bridgehead atoms. The molecule has 0 aromatic carbocycles. The lowest BCUT2D eigenvalue weighted by molar-refractivity contribution is 0.0363. The number of rotatable bonds is 1. The number of alkyl carbamates (subject to hydrolysis) is 1. The Bertz CT molecular complexity index is 222. The molecule has 1 aliphatic carbocycles. The van der Waals surface area contributed by atoms with Gasteiger partial charge < -0.3 is 15.2 Å². The van der Waals surface area contributed by atoms with Crippen LogP contribution in [0.2, 0.25) is 0 Å². The minimum atomic E-state index is -0.482. The number of aliphatic hydroxyl groups is 1. The maximum atomic E-state index is 11.4. The zero-order chi connectivity index (χ0) is 11.5. The van der Waals surface area contributed by atoms with Crippen molar-refractivity contribution in [1.29, 1.82) is 0 Å². The molecule has 2 N–H and O–H groups in total. The van der Waals surface area contributed by atoms with Crippen molar-refractivity contribution in [3.63, 3.8) is 0 Å². The van der Waals surface area contributed by atoms with Crippen LogP contribution < -0.4 is 5.32 Å². The van der Waals surface area contributed by atoms with Crippen molar-refractivity contribution in [3.8, 4) is 0 Å². The fourth-order valence-corrected chi connectivity index (χ4v) is 1.74. The zero-order valence-corrected chi connectivity index (χ0v) is 9.75. The molecule has 1 saturated carbocycles. The monoisotopic (exact) mass is 215 g/mol. The molecule has 0 radical (unpaired) electrons. The fraction of sp³-hybridized carbons (Fsp3) is 0.909. The summed E-state index contributed by atoms with van der Waals surface area (Å²) in [4.78, 5) is 11.4. The van der Waals surface area contributed by atoms with E-state index in [-0.39, 0.29) is 6.04 Å². The van der Waals surface area contributed by atoms with Crippen LogP contribution in [-0.4, -0.2) is 28.9 Å². The highest BCUT2D eigenvalue weighted by Crippen LogP contribution is 2.18. The summed E-state index contributed by atoms with van der Waals surface area (Å²) >= 11 is 0. The maximum Gasteiger partial charge on any atom is 0.407 e. The smallest absolute Gasteiger partial charge is 0.407 e. The molecular formula is C11H21NO3. The second-order valence-electron chi connectivity index (χ2n) is 5.10. The van der Waals surface area contributed by atoms with E-state index in [2.05, 4.69) is 5.32 Å². The van der Waals surface area contributed by atoms with Gasteiger partial charge in [-0.05, 0) is 33.6 Å². The number of amides is 1. The second kappa shape index (κ2) is 4.84. The van der Waals surface area contributed by atoms with Crippen molar-refractivity contribution in [2.24, 2.45) is 0 Å². The van der Waals surface area contributed by atoms with Crippen LogP contribution in [0.3, 0.4) is 0 Å². The van der Waals surface area contributed by atoms with Gasteiger partial charge in [0.2, 0.25) is 0 Å². The number of hydrogen-bond donors (Lipinski definition) is 2. The Morgan fingerprint density at radius 1 is 1.33 bits per heavy atom. The first-order valence-electron chi connectivity index (χ1n) is 5.56. The summed E-state index contributed by atoms with van der Waals surface area (Å²) in [6.45, 7) is 5.47. The van der Waals surface area contributed by atoms with Crippen LogP contribution in [0.5, 0.6) is 0 Å². The highest BCUT2D eigenvalue weighted by atomic mass is 16.6. The number of carbonyl (C=O) groups is 1. The molecule has 4 nitrogen and oxygen atoms in total. The number of aliphatic hydroxyl groups excluding tert-OH is 1. The van der Waals surface area contributed by atoms with Crippen molar-refractivity contribution in [3.05, 3.63) is 0 Å². The Balaban J connectivity index is 2.36. The minimum Gasteiger partial charge on any atom is -0.444 e. The first-order valence-corrected chi connectivity index (χ1v) is 5.56. The quantitative estimate of drug-likeness (QED) is 0.701. The normalized spacial score (nSPS) is 27.2. The number of nitrogens with one attached hydrogen (secondary N) is 1. The number of hydrogen-bond acceptors (Lipinski definition) is 3. The number of ether oxygens (including phenoxy) is 1. The van der Waals surface area contributed by atoms with Crippen molar-refractivity contribution in [2.75, 3.05) is 0 Å². The van der Waals surface area contributed by atoms with Crippen molar-refractivity contribution in [2.45, 2.75) is 64.2 Å². The molecule has 0 saturated heterocycles. The van der Waals surface area contributed by atoms with Crippen LogP contribution in [-0.2, 0) is 4.74 Å². The summed E-state index contributed by atoms with van der Waals surface area (Å²) in [6, 6.07) is -0.145. The molecule has 15 heavy (non-hydrogen) atoms. The Hall–Kier alpha value is -0.770. The molecule has 4 heteroatoms. The van der Waals surface area contributed by atoms with Gasteiger partial charge >= 0.3 is 6.09 Å². The minimum absolute atomic E-state index is 0.145. The van der Waals surface area contributed by atoms with E-state index in [0.717, 1.165) is 25.7 Å². The van der Waals surface area contributed by atoms with Gasteiger partial charge in [-0.2, -0.15) is 0 Å². The molecule has 0 aromatic rings. The first-order chi connectivity index (χ1) is 6.88. The van der Waals surface area contributed by atoms with E-state index in [4.69, 9.17) is 4.74 Å². The van der Waals surface area contributed by atoms with Crippen LogP contribution in [0, 0.1) is 0 Å². The molecule has 0 heterocycles.